The first kappa shape index (κ1) is 43.2. The number of amides is 7. The lowest BCUT2D eigenvalue weighted by Crippen LogP contribution is -2.71. The van der Waals surface area contributed by atoms with Gasteiger partial charge in [0.25, 0.3) is 0 Å². The van der Waals surface area contributed by atoms with Gasteiger partial charge in [-0.2, -0.15) is 0 Å². The number of fused-ring (bicyclic) bond motifs is 1. The molecule has 0 saturated carbocycles. The van der Waals surface area contributed by atoms with Crippen LogP contribution in [-0.2, 0) is 43.4 Å². The smallest absolute Gasteiger partial charge is 0.312 e. The van der Waals surface area contributed by atoms with E-state index in [1.54, 1.807) is 6.20 Å². The Kier molecular flexibility index (Phi) is 14.9. The lowest BCUT2D eigenvalue weighted by atomic mass is 9.71. The molecular weight excluding hydrogens is 760 g/mol. The van der Waals surface area contributed by atoms with Crippen molar-refractivity contribution in [2.45, 2.75) is 88.3 Å². The van der Waals surface area contributed by atoms with Gasteiger partial charge in [0.15, 0.2) is 0 Å². The monoisotopic (exact) mass is 812 g/mol. The van der Waals surface area contributed by atoms with Crippen LogP contribution in [0.15, 0.2) is 85.1 Å². The van der Waals surface area contributed by atoms with Crippen LogP contribution in [0, 0.1) is 12.8 Å². The highest BCUT2D eigenvalue weighted by atomic mass is 35.5. The summed E-state index contributed by atoms with van der Waals surface area (Å²) in [5.41, 5.74) is 14.0. The molecule has 1 aliphatic rings. The van der Waals surface area contributed by atoms with E-state index in [9.17, 15) is 24.0 Å². The first-order chi connectivity index (χ1) is 27.8. The van der Waals surface area contributed by atoms with Crippen molar-refractivity contribution in [2.24, 2.45) is 17.4 Å². The minimum absolute atomic E-state index is 0.0298. The van der Waals surface area contributed by atoms with Crippen molar-refractivity contribution in [3.05, 3.63) is 107 Å². The molecule has 7 amide bonds. The minimum Gasteiger partial charge on any atom is -0.368 e. The van der Waals surface area contributed by atoms with Crippen molar-refractivity contribution >= 4 is 58.1 Å². The second-order valence-corrected chi connectivity index (χ2v) is 15.6. The van der Waals surface area contributed by atoms with Gasteiger partial charge in [-0.1, -0.05) is 78.4 Å². The Labute approximate surface area is 343 Å². The number of rotatable bonds is 18. The number of carbonyl (C=O) groups is 6. The molecule has 14 nitrogen and oxygen atoms in total. The summed E-state index contributed by atoms with van der Waals surface area (Å²) in [5, 5.41) is 11.0. The fourth-order valence-electron chi connectivity index (χ4n) is 7.70. The van der Waals surface area contributed by atoms with Crippen molar-refractivity contribution in [3.8, 4) is 0 Å². The maximum absolute atomic E-state index is 15.1. The molecule has 15 heteroatoms. The van der Waals surface area contributed by atoms with Crippen LogP contribution in [-0.4, -0.2) is 81.5 Å². The van der Waals surface area contributed by atoms with Crippen molar-refractivity contribution < 1.29 is 28.8 Å². The molecule has 9 N–H and O–H groups in total. The fraction of sp³-hybridized carbons (Fsp3) is 0.395. The molecule has 4 aromatic rings. The number of para-hydroxylation sites is 1. The van der Waals surface area contributed by atoms with Gasteiger partial charge < -0.3 is 42.6 Å². The summed E-state index contributed by atoms with van der Waals surface area (Å²) in [6, 6.07) is 21.3. The number of urea groups is 1. The molecule has 5 rings (SSSR count). The number of hydrogen-bond donors (Lipinski definition) is 7. The number of piperidine rings is 1. The molecule has 1 fully saturated rings. The number of nitrogens with two attached hydrogens (primary N) is 2. The van der Waals surface area contributed by atoms with Crippen molar-refractivity contribution in [3.63, 3.8) is 0 Å². The maximum Gasteiger partial charge on any atom is 0.312 e. The summed E-state index contributed by atoms with van der Waals surface area (Å²) >= 11 is 6.16. The van der Waals surface area contributed by atoms with Crippen LogP contribution in [0.5, 0.6) is 0 Å². The number of benzene rings is 3. The first-order valence-electron chi connectivity index (χ1n) is 19.6. The summed E-state index contributed by atoms with van der Waals surface area (Å²) in [6.45, 7) is 3.87. The van der Waals surface area contributed by atoms with Gasteiger partial charge in [-0.25, -0.2) is 4.79 Å². The normalized spacial score (nSPS) is 17.3. The Balaban J connectivity index is 1.55. The fourth-order valence-corrected chi connectivity index (χ4v) is 7.76. The molecule has 308 valence electrons. The van der Waals surface area contributed by atoms with Gasteiger partial charge in [-0.05, 0) is 75.1 Å². The number of aromatic nitrogens is 1. The standard InChI is InChI=1S/C43H53ClN8O6/c1-27-16-18-30(19-17-27)25-49-39(55)35(15-10-21-47-42(46)58)50-38(54)33(24-31-26-48-34-14-7-6-13-32(31)34)43(41(45)57)20-8-9-22-52(43)40(56)36(51-37(53)28(2)44)23-29-11-4-3-5-12-29/h3-7,11-14,16-19,26,28,33,35-36,48H,8-10,15,20-25H2,1-2H3,(H2,45,57)(H,49,55)(H,50,54)(H,51,53)(H3,46,47,58)/t28?,33-,35+,36+,43?/m1/s1. The molecule has 58 heavy (non-hydrogen) atoms. The molecule has 3 aromatic carbocycles. The molecule has 0 spiro atoms. The second-order valence-electron chi connectivity index (χ2n) is 14.9. The predicted molar refractivity (Wildman–Crippen MR) is 222 cm³/mol. The summed E-state index contributed by atoms with van der Waals surface area (Å²) in [7, 11) is 0. The third-order valence-electron chi connectivity index (χ3n) is 10.8. The Morgan fingerprint density at radius 2 is 1.50 bits per heavy atom. The van der Waals surface area contributed by atoms with E-state index in [0.717, 1.165) is 27.6 Å². The summed E-state index contributed by atoms with van der Waals surface area (Å²) in [6.07, 6.45) is 3.24. The highest BCUT2D eigenvalue weighted by molar-refractivity contribution is 6.30. The van der Waals surface area contributed by atoms with Crippen molar-refractivity contribution in [1.29, 1.82) is 0 Å². The van der Waals surface area contributed by atoms with Gasteiger partial charge in [-0.3, -0.25) is 24.0 Å². The number of H-pyrrole nitrogens is 1. The highest BCUT2D eigenvalue weighted by Gasteiger charge is 2.56. The van der Waals surface area contributed by atoms with Crippen LogP contribution < -0.4 is 32.7 Å². The van der Waals surface area contributed by atoms with Crippen molar-refractivity contribution in [2.75, 3.05) is 13.1 Å². The third kappa shape index (κ3) is 10.7. The molecule has 0 bridgehead atoms. The Hall–Kier alpha value is -5.89. The summed E-state index contributed by atoms with van der Waals surface area (Å²) < 4.78 is 0. The molecule has 2 unspecified atom stereocenters. The zero-order valence-electron chi connectivity index (χ0n) is 32.9. The van der Waals surface area contributed by atoms with Gasteiger partial charge in [0.2, 0.25) is 29.5 Å². The molecular formula is C43H53ClN8O6. The zero-order chi connectivity index (χ0) is 41.8. The summed E-state index contributed by atoms with van der Waals surface area (Å²) in [4.78, 5) is 87.2. The quantitative estimate of drug-likeness (QED) is 0.0589. The molecule has 5 atom stereocenters. The van der Waals surface area contributed by atoms with E-state index in [2.05, 4.69) is 26.3 Å². The van der Waals surface area contributed by atoms with Crippen LogP contribution >= 0.6 is 11.6 Å². The number of nitrogens with one attached hydrogen (secondary N) is 5. The molecule has 1 aliphatic heterocycles. The molecule has 0 aliphatic carbocycles. The van der Waals surface area contributed by atoms with Crippen molar-refractivity contribution in [1.82, 2.24) is 31.2 Å². The Morgan fingerprint density at radius 1 is 0.810 bits per heavy atom. The highest BCUT2D eigenvalue weighted by Crippen LogP contribution is 2.39. The maximum atomic E-state index is 15.1. The Bertz CT molecular complexity index is 2070. The first-order valence-corrected chi connectivity index (χ1v) is 20.1. The van der Waals surface area contributed by atoms with Crippen LogP contribution in [0.25, 0.3) is 10.9 Å². The van der Waals surface area contributed by atoms with E-state index < -0.39 is 64.5 Å². The topological polar surface area (TPSA) is 222 Å². The number of aryl methyl sites for hydroxylation is 1. The molecule has 2 heterocycles. The lowest BCUT2D eigenvalue weighted by Gasteiger charge is -2.50. The predicted octanol–water partition coefficient (Wildman–Crippen LogP) is 3.48. The van der Waals surface area contributed by atoms with Crippen LogP contribution in [0.4, 0.5) is 4.79 Å². The average Bonchev–Trinajstić information content (AvgIpc) is 3.62. The van der Waals surface area contributed by atoms with Gasteiger partial charge in [0.05, 0.1) is 5.92 Å². The van der Waals surface area contributed by atoms with E-state index in [4.69, 9.17) is 23.1 Å². The zero-order valence-corrected chi connectivity index (χ0v) is 33.6. The number of hydrogen-bond acceptors (Lipinski definition) is 6. The number of alkyl halides is 1. The van der Waals surface area contributed by atoms with Gasteiger partial charge in [-0.15, -0.1) is 11.6 Å². The average molecular weight is 813 g/mol. The molecule has 1 saturated heterocycles. The largest absolute Gasteiger partial charge is 0.368 e. The van der Waals surface area contributed by atoms with E-state index in [1.165, 1.54) is 11.8 Å². The van der Waals surface area contributed by atoms with Crippen LogP contribution in [0.3, 0.4) is 0 Å². The summed E-state index contributed by atoms with van der Waals surface area (Å²) in [5.74, 6) is -4.48. The van der Waals surface area contributed by atoms with E-state index in [0.29, 0.717) is 18.4 Å². The second kappa shape index (κ2) is 20.0. The SMILES string of the molecule is Cc1ccc(CNC(=O)[C@H](CCCNC(N)=O)NC(=O)[C@@H](Cc2c[nH]c3ccccc23)C2(C(N)=O)CCCCN2C(=O)[C@H](Cc2ccccc2)NC(=O)C(C)Cl)cc1. The number of carbonyl (C=O) groups excluding carboxylic acids is 6. The third-order valence-corrected chi connectivity index (χ3v) is 11.0. The van der Waals surface area contributed by atoms with E-state index in [1.807, 2.05) is 85.8 Å². The number of likely N-dealkylation sites (tertiary alicyclic amines) is 1. The van der Waals surface area contributed by atoms with E-state index >= 15 is 4.79 Å². The van der Waals surface area contributed by atoms with Gasteiger partial charge in [0, 0.05) is 43.2 Å². The van der Waals surface area contributed by atoms with Crippen LogP contribution in [0.1, 0.15) is 61.3 Å². The van der Waals surface area contributed by atoms with Gasteiger partial charge >= 0.3 is 6.03 Å². The number of primary amides is 2. The van der Waals surface area contributed by atoms with Gasteiger partial charge in [0.1, 0.15) is 23.0 Å². The molecule has 0 radical (unpaired) electrons. The number of aromatic amines is 1. The lowest BCUT2D eigenvalue weighted by molar-refractivity contribution is -0.160. The number of halogens is 1. The minimum atomic E-state index is -1.87. The van der Waals surface area contributed by atoms with Crippen LogP contribution in [0.2, 0.25) is 0 Å². The number of nitrogens with zero attached hydrogens (tertiary/aromatic N) is 1. The molecule has 1 aromatic heterocycles. The van der Waals surface area contributed by atoms with E-state index in [-0.39, 0.29) is 51.7 Å². The Morgan fingerprint density at radius 3 is 2.19 bits per heavy atom.